The lowest BCUT2D eigenvalue weighted by molar-refractivity contribution is -0.119. The first-order valence-corrected chi connectivity index (χ1v) is 8.36. The minimum absolute atomic E-state index is 0.553. The van der Waals surface area contributed by atoms with Crippen LogP contribution in [-0.4, -0.2) is 24.6 Å². The summed E-state index contributed by atoms with van der Waals surface area (Å²) in [5, 5.41) is 3.48. The zero-order valence-electron chi connectivity index (χ0n) is 14.6. The highest BCUT2D eigenvalue weighted by molar-refractivity contribution is 6.31. The number of imide groups is 1. The maximum absolute atomic E-state index is 11.2. The zero-order chi connectivity index (χ0) is 20.2. The van der Waals surface area contributed by atoms with Crippen molar-refractivity contribution in [2.75, 3.05) is 11.9 Å². The third kappa shape index (κ3) is 8.10. The summed E-state index contributed by atoms with van der Waals surface area (Å²) in [5.74, 6) is 0.00849. The molecule has 5 amide bonds. The normalized spacial score (nSPS) is 10.6. The van der Waals surface area contributed by atoms with Gasteiger partial charge in [0.25, 0.3) is 5.91 Å². The summed E-state index contributed by atoms with van der Waals surface area (Å²) in [4.78, 5) is 32.2. The number of rotatable bonds is 5. The smallest absolute Gasteiger partial charge is 0.318 e. The molecule has 0 aliphatic heterocycles. The number of anilines is 1. The number of nitrogens with one attached hydrogen (secondary N) is 2. The Morgan fingerprint density at radius 3 is 2.15 bits per heavy atom. The van der Waals surface area contributed by atoms with Crippen LogP contribution in [0.5, 0.6) is 5.75 Å². The van der Waals surface area contributed by atoms with Crippen LogP contribution in [0.15, 0.2) is 54.6 Å². The molecule has 144 valence electrons. The predicted octanol–water partition coefficient (Wildman–Crippen LogP) is 2.74. The molecule has 2 rings (SSSR count). The van der Waals surface area contributed by atoms with E-state index in [0.29, 0.717) is 23.6 Å². The largest absolute Gasteiger partial charge is 0.492 e. The molecule has 9 heteroatoms. The fourth-order valence-electron chi connectivity index (χ4n) is 1.94. The summed E-state index contributed by atoms with van der Waals surface area (Å²) in [6.07, 6.45) is 0. The predicted molar refractivity (Wildman–Crippen MR) is 104 cm³/mol. The molecule has 0 aliphatic rings. The number of hydrogen-bond acceptors (Lipinski definition) is 4. The molecule has 2 aromatic rings. The highest BCUT2D eigenvalue weighted by Gasteiger charge is 2.18. The maximum atomic E-state index is 11.2. The molecule has 0 spiro atoms. The SMILES string of the molecule is CCOc1ccccc1NC(N)=O.NC(=O)NC(=O)C(Cl)c1ccccc1. The Bertz CT molecular complexity index is 771. The van der Waals surface area contributed by atoms with E-state index in [-0.39, 0.29) is 0 Å². The monoisotopic (exact) mass is 392 g/mol. The van der Waals surface area contributed by atoms with Crippen LogP contribution < -0.4 is 26.8 Å². The summed E-state index contributed by atoms with van der Waals surface area (Å²) >= 11 is 5.78. The van der Waals surface area contributed by atoms with Gasteiger partial charge < -0.3 is 21.5 Å². The van der Waals surface area contributed by atoms with Gasteiger partial charge in [-0.15, -0.1) is 11.6 Å². The molecular weight excluding hydrogens is 372 g/mol. The molecule has 0 saturated heterocycles. The summed E-state index contributed by atoms with van der Waals surface area (Å²) in [6, 6.07) is 14.3. The number of halogens is 1. The molecule has 27 heavy (non-hydrogen) atoms. The van der Waals surface area contributed by atoms with Crippen LogP contribution in [0.1, 0.15) is 17.9 Å². The van der Waals surface area contributed by atoms with Crippen molar-refractivity contribution < 1.29 is 19.1 Å². The molecule has 0 radical (unpaired) electrons. The molecule has 2 aromatic carbocycles. The van der Waals surface area contributed by atoms with Crippen LogP contribution in [0, 0.1) is 0 Å². The number of nitrogens with two attached hydrogens (primary N) is 2. The number of amides is 5. The standard InChI is InChI=1S/C9H9ClN2O2.C9H12N2O2/c10-7(8(13)12-9(11)14)6-4-2-1-3-5-6;1-2-13-8-6-4-3-5-7(8)11-9(10)12/h1-5,7H,(H3,11,12,13,14);3-6H,2H2,1H3,(H3,10,11,12). The fourth-order valence-corrected chi connectivity index (χ4v) is 2.14. The van der Waals surface area contributed by atoms with Crippen molar-refractivity contribution in [2.45, 2.75) is 12.3 Å². The molecule has 0 saturated carbocycles. The summed E-state index contributed by atoms with van der Waals surface area (Å²) in [6.45, 7) is 2.43. The molecule has 1 unspecified atom stereocenters. The first-order chi connectivity index (χ1) is 12.8. The van der Waals surface area contributed by atoms with Gasteiger partial charge in [0.05, 0.1) is 12.3 Å². The second kappa shape index (κ2) is 11.4. The van der Waals surface area contributed by atoms with Crippen molar-refractivity contribution in [3.05, 3.63) is 60.2 Å². The number of urea groups is 2. The lowest BCUT2D eigenvalue weighted by Crippen LogP contribution is -2.36. The van der Waals surface area contributed by atoms with Crippen LogP contribution in [0.3, 0.4) is 0 Å². The number of alkyl halides is 1. The van der Waals surface area contributed by atoms with E-state index in [0.717, 1.165) is 0 Å². The Morgan fingerprint density at radius 1 is 1.00 bits per heavy atom. The number of carbonyl (C=O) groups excluding carboxylic acids is 3. The zero-order valence-corrected chi connectivity index (χ0v) is 15.4. The number of carbonyl (C=O) groups is 3. The van der Waals surface area contributed by atoms with E-state index >= 15 is 0 Å². The molecule has 1 atom stereocenters. The third-order valence-electron chi connectivity index (χ3n) is 3.01. The van der Waals surface area contributed by atoms with Gasteiger partial charge in [0.15, 0.2) is 0 Å². The summed E-state index contributed by atoms with van der Waals surface area (Å²) < 4.78 is 5.27. The van der Waals surface area contributed by atoms with Crippen LogP contribution in [-0.2, 0) is 4.79 Å². The summed E-state index contributed by atoms with van der Waals surface area (Å²) in [7, 11) is 0. The molecule has 8 nitrogen and oxygen atoms in total. The van der Waals surface area contributed by atoms with Crippen molar-refractivity contribution in [2.24, 2.45) is 11.5 Å². The highest BCUT2D eigenvalue weighted by Crippen LogP contribution is 2.23. The number of para-hydroxylation sites is 2. The first-order valence-electron chi connectivity index (χ1n) is 7.92. The number of benzene rings is 2. The van der Waals surface area contributed by atoms with Gasteiger partial charge in [-0.05, 0) is 24.6 Å². The van der Waals surface area contributed by atoms with Crippen molar-refractivity contribution in [1.82, 2.24) is 5.32 Å². The van der Waals surface area contributed by atoms with Gasteiger partial charge in [-0.1, -0.05) is 42.5 Å². The van der Waals surface area contributed by atoms with Gasteiger partial charge in [0.1, 0.15) is 11.1 Å². The van der Waals surface area contributed by atoms with Gasteiger partial charge in [0.2, 0.25) is 0 Å². The van der Waals surface area contributed by atoms with Gasteiger partial charge in [-0.3, -0.25) is 10.1 Å². The van der Waals surface area contributed by atoms with E-state index < -0.39 is 23.3 Å². The molecule has 0 fully saturated rings. The van der Waals surface area contributed by atoms with Gasteiger partial charge in [-0.25, -0.2) is 9.59 Å². The summed E-state index contributed by atoms with van der Waals surface area (Å²) in [5.41, 5.74) is 11.0. The lowest BCUT2D eigenvalue weighted by Gasteiger charge is -2.08. The first kappa shape index (κ1) is 21.8. The van der Waals surface area contributed by atoms with Gasteiger partial charge in [-0.2, -0.15) is 0 Å². The Kier molecular flexibility index (Phi) is 9.18. The van der Waals surface area contributed by atoms with Crippen molar-refractivity contribution >= 4 is 35.3 Å². The van der Waals surface area contributed by atoms with Crippen LogP contribution in [0.25, 0.3) is 0 Å². The molecule has 0 aromatic heterocycles. The Labute approximate surface area is 161 Å². The van der Waals surface area contributed by atoms with Crippen LogP contribution in [0.2, 0.25) is 0 Å². The molecular formula is C18H21ClN4O4. The molecule has 0 heterocycles. The highest BCUT2D eigenvalue weighted by atomic mass is 35.5. The minimum atomic E-state index is -0.906. The van der Waals surface area contributed by atoms with Crippen molar-refractivity contribution in [3.8, 4) is 5.75 Å². The van der Waals surface area contributed by atoms with Crippen molar-refractivity contribution in [1.29, 1.82) is 0 Å². The van der Waals surface area contributed by atoms with Gasteiger partial charge in [0, 0.05) is 0 Å². The fraction of sp³-hybridized carbons (Fsp3) is 0.167. The molecule has 6 N–H and O–H groups in total. The third-order valence-corrected chi connectivity index (χ3v) is 3.46. The topological polar surface area (TPSA) is 137 Å². The quantitative estimate of drug-likeness (QED) is 0.581. The Balaban J connectivity index is 0.000000271. The second-order valence-corrected chi connectivity index (χ2v) is 5.48. The van der Waals surface area contributed by atoms with E-state index in [2.05, 4.69) is 5.32 Å². The maximum Gasteiger partial charge on any atom is 0.318 e. The number of hydrogen-bond donors (Lipinski definition) is 4. The Hall–Kier alpha value is -3.26. The van der Waals surface area contributed by atoms with E-state index in [9.17, 15) is 14.4 Å². The second-order valence-electron chi connectivity index (χ2n) is 5.05. The van der Waals surface area contributed by atoms with E-state index in [1.54, 1.807) is 48.5 Å². The molecule has 0 aliphatic carbocycles. The van der Waals surface area contributed by atoms with Crippen LogP contribution in [0.4, 0.5) is 15.3 Å². The number of ether oxygens (including phenoxy) is 1. The average Bonchev–Trinajstić information content (AvgIpc) is 2.63. The molecule has 0 bridgehead atoms. The van der Waals surface area contributed by atoms with Gasteiger partial charge >= 0.3 is 12.1 Å². The average molecular weight is 393 g/mol. The minimum Gasteiger partial charge on any atom is -0.492 e. The van der Waals surface area contributed by atoms with Crippen molar-refractivity contribution in [3.63, 3.8) is 0 Å². The lowest BCUT2D eigenvalue weighted by atomic mass is 10.1. The van der Waals surface area contributed by atoms with E-state index in [1.165, 1.54) is 0 Å². The number of primary amides is 2. The van der Waals surface area contributed by atoms with E-state index in [1.807, 2.05) is 18.3 Å². The van der Waals surface area contributed by atoms with E-state index in [4.69, 9.17) is 27.8 Å². The van der Waals surface area contributed by atoms with Crippen LogP contribution >= 0.6 is 11.6 Å². The Morgan fingerprint density at radius 2 is 1.59 bits per heavy atom.